The van der Waals surface area contributed by atoms with E-state index < -0.39 is 0 Å². The topological polar surface area (TPSA) is 78.9 Å². The maximum absolute atomic E-state index is 13.3. The van der Waals surface area contributed by atoms with Crippen LogP contribution in [0, 0.1) is 6.92 Å². The molecule has 0 N–H and O–H groups in total. The minimum absolute atomic E-state index is 0.0202. The number of benzene rings is 2. The van der Waals surface area contributed by atoms with E-state index in [-0.39, 0.29) is 24.5 Å². The van der Waals surface area contributed by atoms with E-state index in [2.05, 4.69) is 34.2 Å². The van der Waals surface area contributed by atoms with Gasteiger partial charge in [-0.3, -0.25) is 9.59 Å². The molecule has 0 aliphatic carbocycles. The van der Waals surface area contributed by atoms with E-state index in [4.69, 9.17) is 16.3 Å². The smallest absolute Gasteiger partial charge is 0.254 e. The fraction of sp³-hybridized carbons (Fsp3) is 0.379. The largest absolute Gasteiger partial charge is 0.376 e. The Morgan fingerprint density at radius 3 is 2.34 bits per heavy atom. The molecule has 1 atom stereocenters. The number of halogens is 1. The summed E-state index contributed by atoms with van der Waals surface area (Å²) in [5.41, 5.74) is 3.58. The minimum atomic E-state index is -0.187. The zero-order valence-corrected chi connectivity index (χ0v) is 22.3. The number of carbonyl (C=O) groups excluding carboxylic acids is 2. The van der Waals surface area contributed by atoms with Crippen LogP contribution in [0.1, 0.15) is 28.8 Å². The third kappa shape index (κ3) is 6.31. The SMILES string of the molecule is Cc1ccc(-c2ccc(N3CCN(C(=O)CN(C[C@H]4CCCO4)C(=O)c4ccc(Cl)cc4)CC3)nn2)cc1. The van der Waals surface area contributed by atoms with Gasteiger partial charge in [-0.15, -0.1) is 10.2 Å². The lowest BCUT2D eigenvalue weighted by molar-refractivity contribution is -0.132. The number of piperazine rings is 1. The Morgan fingerprint density at radius 2 is 1.71 bits per heavy atom. The van der Waals surface area contributed by atoms with Gasteiger partial charge in [-0.2, -0.15) is 0 Å². The molecule has 2 aromatic carbocycles. The van der Waals surface area contributed by atoms with Crippen LogP contribution >= 0.6 is 11.6 Å². The molecule has 2 aliphatic rings. The lowest BCUT2D eigenvalue weighted by atomic mass is 10.1. The van der Waals surface area contributed by atoms with Crippen LogP contribution in [-0.2, 0) is 9.53 Å². The highest BCUT2D eigenvalue weighted by atomic mass is 35.5. The molecule has 5 rings (SSSR count). The number of hydrogen-bond donors (Lipinski definition) is 0. The van der Waals surface area contributed by atoms with Crippen molar-refractivity contribution in [2.75, 3.05) is 50.8 Å². The second-order valence-corrected chi connectivity index (χ2v) is 10.3. The molecule has 2 saturated heterocycles. The highest BCUT2D eigenvalue weighted by Gasteiger charge is 2.28. The summed E-state index contributed by atoms with van der Waals surface area (Å²) in [5, 5.41) is 9.41. The minimum Gasteiger partial charge on any atom is -0.376 e. The van der Waals surface area contributed by atoms with Gasteiger partial charge in [0, 0.05) is 55.5 Å². The number of rotatable bonds is 7. The molecule has 0 radical (unpaired) electrons. The van der Waals surface area contributed by atoms with Gasteiger partial charge in [-0.1, -0.05) is 41.4 Å². The van der Waals surface area contributed by atoms with Gasteiger partial charge >= 0.3 is 0 Å². The van der Waals surface area contributed by atoms with Crippen LogP contribution in [0.4, 0.5) is 5.82 Å². The maximum Gasteiger partial charge on any atom is 0.254 e. The van der Waals surface area contributed by atoms with E-state index in [1.807, 2.05) is 29.2 Å². The Balaban J connectivity index is 1.19. The van der Waals surface area contributed by atoms with Crippen molar-refractivity contribution in [2.24, 2.45) is 0 Å². The molecule has 2 fully saturated rings. The summed E-state index contributed by atoms with van der Waals surface area (Å²) in [4.78, 5) is 32.1. The Bertz CT molecular complexity index is 1240. The Hall–Kier alpha value is -3.49. The Labute approximate surface area is 228 Å². The molecule has 2 aliphatic heterocycles. The quantitative estimate of drug-likeness (QED) is 0.455. The number of amides is 2. The lowest BCUT2D eigenvalue weighted by Crippen LogP contribution is -2.52. The maximum atomic E-state index is 13.3. The number of hydrogen-bond acceptors (Lipinski definition) is 6. The van der Waals surface area contributed by atoms with Gasteiger partial charge < -0.3 is 19.4 Å². The molecule has 2 amide bonds. The van der Waals surface area contributed by atoms with E-state index in [1.54, 1.807) is 29.2 Å². The molecule has 0 saturated carbocycles. The number of anilines is 1. The molecule has 3 aromatic rings. The summed E-state index contributed by atoms with van der Waals surface area (Å²) in [6.45, 7) is 5.59. The van der Waals surface area contributed by atoms with Gasteiger partial charge in [0.1, 0.15) is 6.54 Å². The highest BCUT2D eigenvalue weighted by molar-refractivity contribution is 6.30. The van der Waals surface area contributed by atoms with Crippen molar-refractivity contribution in [1.82, 2.24) is 20.0 Å². The number of carbonyl (C=O) groups is 2. The summed E-state index contributed by atoms with van der Waals surface area (Å²) in [6, 6.07) is 18.9. The molecular formula is C29H32ClN5O3. The van der Waals surface area contributed by atoms with Crippen molar-refractivity contribution in [3.05, 3.63) is 76.8 Å². The van der Waals surface area contributed by atoms with E-state index >= 15 is 0 Å². The van der Waals surface area contributed by atoms with Crippen molar-refractivity contribution < 1.29 is 14.3 Å². The predicted molar refractivity (Wildman–Crippen MR) is 147 cm³/mol. The third-order valence-electron chi connectivity index (χ3n) is 7.11. The third-order valence-corrected chi connectivity index (χ3v) is 7.36. The van der Waals surface area contributed by atoms with Crippen molar-refractivity contribution in [1.29, 1.82) is 0 Å². The molecule has 198 valence electrons. The number of nitrogens with zero attached hydrogens (tertiary/aromatic N) is 5. The molecule has 1 aromatic heterocycles. The fourth-order valence-corrected chi connectivity index (χ4v) is 4.97. The Morgan fingerprint density at radius 1 is 0.974 bits per heavy atom. The standard InChI is InChI=1S/C29H32ClN5O3/c1-21-4-6-22(7-5-21)26-12-13-27(32-31-26)33-14-16-34(17-15-33)28(36)20-35(19-25-3-2-18-38-25)29(37)23-8-10-24(30)11-9-23/h4-13,25H,2-3,14-20H2,1H3/t25-/m1/s1. The normalized spacial score (nSPS) is 17.5. The summed E-state index contributed by atoms with van der Waals surface area (Å²) in [5.74, 6) is 0.546. The fourth-order valence-electron chi connectivity index (χ4n) is 4.85. The molecule has 3 heterocycles. The van der Waals surface area contributed by atoms with Gasteiger partial charge in [-0.05, 0) is 56.2 Å². The van der Waals surface area contributed by atoms with Gasteiger partial charge in [0.15, 0.2) is 5.82 Å². The number of aryl methyl sites for hydroxylation is 1. The highest BCUT2D eigenvalue weighted by Crippen LogP contribution is 2.21. The lowest BCUT2D eigenvalue weighted by Gasteiger charge is -2.36. The molecular weight excluding hydrogens is 502 g/mol. The van der Waals surface area contributed by atoms with Crippen molar-refractivity contribution in [3.63, 3.8) is 0 Å². The average Bonchev–Trinajstić information content (AvgIpc) is 3.47. The first-order chi connectivity index (χ1) is 18.5. The van der Waals surface area contributed by atoms with Gasteiger partial charge in [0.05, 0.1) is 11.8 Å². The van der Waals surface area contributed by atoms with Crippen LogP contribution < -0.4 is 4.90 Å². The van der Waals surface area contributed by atoms with Gasteiger partial charge in [0.25, 0.3) is 5.91 Å². The van der Waals surface area contributed by atoms with Crippen molar-refractivity contribution in [2.45, 2.75) is 25.9 Å². The Kier molecular flexibility index (Phi) is 8.20. The second kappa shape index (κ2) is 11.9. The zero-order chi connectivity index (χ0) is 26.5. The van der Waals surface area contributed by atoms with Crippen LogP contribution in [0.3, 0.4) is 0 Å². The van der Waals surface area contributed by atoms with E-state index in [1.165, 1.54) is 5.56 Å². The summed E-state index contributed by atoms with van der Waals surface area (Å²) in [7, 11) is 0. The predicted octanol–water partition coefficient (Wildman–Crippen LogP) is 4.08. The first kappa shape index (κ1) is 26.1. The monoisotopic (exact) mass is 533 g/mol. The first-order valence-electron chi connectivity index (χ1n) is 13.1. The van der Waals surface area contributed by atoms with Crippen LogP contribution in [0.15, 0.2) is 60.7 Å². The molecule has 0 bridgehead atoms. The molecule has 9 heteroatoms. The summed E-state index contributed by atoms with van der Waals surface area (Å²) in [6.07, 6.45) is 1.82. The summed E-state index contributed by atoms with van der Waals surface area (Å²) >= 11 is 6.00. The van der Waals surface area contributed by atoms with Crippen LogP contribution in [-0.4, -0.2) is 83.8 Å². The van der Waals surface area contributed by atoms with Crippen LogP contribution in [0.5, 0.6) is 0 Å². The molecule has 8 nitrogen and oxygen atoms in total. The first-order valence-corrected chi connectivity index (χ1v) is 13.4. The number of ether oxygens (including phenoxy) is 1. The molecule has 0 spiro atoms. The second-order valence-electron chi connectivity index (χ2n) is 9.84. The average molecular weight is 534 g/mol. The van der Waals surface area contributed by atoms with Crippen LogP contribution in [0.25, 0.3) is 11.3 Å². The van der Waals surface area contributed by atoms with E-state index in [9.17, 15) is 9.59 Å². The van der Waals surface area contributed by atoms with E-state index in [0.29, 0.717) is 49.9 Å². The summed E-state index contributed by atoms with van der Waals surface area (Å²) < 4.78 is 5.76. The van der Waals surface area contributed by atoms with Gasteiger partial charge in [-0.25, -0.2) is 0 Å². The number of aromatic nitrogens is 2. The molecule has 38 heavy (non-hydrogen) atoms. The van der Waals surface area contributed by atoms with E-state index in [0.717, 1.165) is 29.9 Å². The van der Waals surface area contributed by atoms with Crippen molar-refractivity contribution >= 4 is 29.2 Å². The molecule has 0 unspecified atom stereocenters. The van der Waals surface area contributed by atoms with Crippen molar-refractivity contribution in [3.8, 4) is 11.3 Å². The van der Waals surface area contributed by atoms with Crippen LogP contribution in [0.2, 0.25) is 5.02 Å². The zero-order valence-electron chi connectivity index (χ0n) is 21.6. The van der Waals surface area contributed by atoms with Gasteiger partial charge in [0.2, 0.25) is 5.91 Å².